The third-order valence-corrected chi connectivity index (χ3v) is 3.60. The van der Waals surface area contributed by atoms with Crippen molar-refractivity contribution in [3.63, 3.8) is 0 Å². The Kier molecular flexibility index (Phi) is 3.76. The molecule has 0 unspecified atom stereocenters. The highest BCUT2D eigenvalue weighted by Crippen LogP contribution is 2.20. The number of halogens is 1. The van der Waals surface area contributed by atoms with E-state index in [1.54, 1.807) is 5.51 Å². The number of carbonyl (C=O) groups is 1. The van der Waals surface area contributed by atoms with Gasteiger partial charge < -0.3 is 5.32 Å². The van der Waals surface area contributed by atoms with Gasteiger partial charge in [-0.3, -0.25) is 4.79 Å². The number of rotatable bonds is 3. The van der Waals surface area contributed by atoms with Gasteiger partial charge in [0, 0.05) is 0 Å². The van der Waals surface area contributed by atoms with E-state index in [0.717, 1.165) is 5.56 Å². The van der Waals surface area contributed by atoms with Gasteiger partial charge in [0.15, 0.2) is 5.15 Å². The average molecular weight is 267 g/mol. The first-order valence-corrected chi connectivity index (χ1v) is 6.39. The Labute approximate surface area is 108 Å². The SMILES string of the molecule is C[C@@H](NC(=O)c1scnc1Cl)c1ccccc1. The molecule has 0 aliphatic carbocycles. The van der Waals surface area contributed by atoms with Crippen LogP contribution in [0.1, 0.15) is 28.2 Å². The van der Waals surface area contributed by atoms with Gasteiger partial charge in [-0.15, -0.1) is 11.3 Å². The maximum absolute atomic E-state index is 11.9. The molecule has 1 atom stereocenters. The minimum atomic E-state index is -0.186. The molecule has 1 aromatic heterocycles. The summed E-state index contributed by atoms with van der Waals surface area (Å²) in [5.74, 6) is -0.186. The molecule has 0 saturated carbocycles. The van der Waals surface area contributed by atoms with Crippen LogP contribution in [0.2, 0.25) is 5.15 Å². The average Bonchev–Trinajstić information content (AvgIpc) is 2.76. The summed E-state index contributed by atoms with van der Waals surface area (Å²) in [5.41, 5.74) is 2.62. The Morgan fingerprint density at radius 2 is 2.12 bits per heavy atom. The molecule has 0 fully saturated rings. The van der Waals surface area contributed by atoms with Crippen molar-refractivity contribution in [1.29, 1.82) is 0 Å². The van der Waals surface area contributed by atoms with Gasteiger partial charge in [-0.2, -0.15) is 0 Å². The molecule has 0 bridgehead atoms. The highest BCUT2D eigenvalue weighted by atomic mass is 35.5. The molecule has 0 radical (unpaired) electrons. The summed E-state index contributed by atoms with van der Waals surface area (Å²) in [7, 11) is 0. The van der Waals surface area contributed by atoms with Gasteiger partial charge in [-0.25, -0.2) is 4.98 Å². The second-order valence-electron chi connectivity index (χ2n) is 3.58. The van der Waals surface area contributed by atoms with Crippen molar-refractivity contribution in [3.05, 3.63) is 51.4 Å². The van der Waals surface area contributed by atoms with E-state index in [2.05, 4.69) is 10.3 Å². The lowest BCUT2D eigenvalue weighted by Crippen LogP contribution is -2.26. The van der Waals surface area contributed by atoms with Crippen molar-refractivity contribution in [2.75, 3.05) is 0 Å². The standard InChI is InChI=1S/C12H11ClN2OS/c1-8(9-5-3-2-4-6-9)15-12(16)10-11(13)14-7-17-10/h2-8H,1H3,(H,15,16)/t8-/m1/s1. The normalized spacial score (nSPS) is 12.1. The third kappa shape index (κ3) is 2.84. The second-order valence-corrected chi connectivity index (χ2v) is 4.79. The number of benzene rings is 1. The van der Waals surface area contributed by atoms with Crippen molar-refractivity contribution in [2.24, 2.45) is 0 Å². The number of hydrogen-bond acceptors (Lipinski definition) is 3. The molecule has 0 aliphatic heterocycles. The Hall–Kier alpha value is -1.39. The lowest BCUT2D eigenvalue weighted by atomic mass is 10.1. The predicted molar refractivity (Wildman–Crippen MR) is 69.4 cm³/mol. The number of nitrogens with zero attached hydrogens (tertiary/aromatic N) is 1. The Morgan fingerprint density at radius 1 is 1.41 bits per heavy atom. The first-order chi connectivity index (χ1) is 8.18. The number of carbonyl (C=O) groups excluding carboxylic acids is 1. The zero-order chi connectivity index (χ0) is 12.3. The Balaban J connectivity index is 2.08. The van der Waals surface area contributed by atoms with E-state index in [1.165, 1.54) is 11.3 Å². The molecular weight excluding hydrogens is 256 g/mol. The number of amides is 1. The van der Waals surface area contributed by atoms with Gasteiger partial charge >= 0.3 is 0 Å². The Morgan fingerprint density at radius 3 is 2.71 bits per heavy atom. The van der Waals surface area contributed by atoms with Gasteiger partial charge in [0.05, 0.1) is 11.6 Å². The number of nitrogens with one attached hydrogen (secondary N) is 1. The number of thiazole rings is 1. The summed E-state index contributed by atoms with van der Waals surface area (Å²) in [6, 6.07) is 9.72. The van der Waals surface area contributed by atoms with Crippen molar-refractivity contribution in [1.82, 2.24) is 10.3 Å². The largest absolute Gasteiger partial charge is 0.345 e. The molecule has 5 heteroatoms. The van der Waals surface area contributed by atoms with Crippen molar-refractivity contribution in [2.45, 2.75) is 13.0 Å². The molecule has 0 saturated heterocycles. The minimum absolute atomic E-state index is 0.0538. The summed E-state index contributed by atoms with van der Waals surface area (Å²) in [5, 5.41) is 3.14. The maximum atomic E-state index is 11.9. The highest BCUT2D eigenvalue weighted by molar-refractivity contribution is 7.12. The lowest BCUT2D eigenvalue weighted by Gasteiger charge is -2.13. The first kappa shape index (κ1) is 12.1. The minimum Gasteiger partial charge on any atom is -0.345 e. The smallest absolute Gasteiger partial charge is 0.265 e. The second kappa shape index (κ2) is 5.29. The van der Waals surface area contributed by atoms with E-state index in [0.29, 0.717) is 4.88 Å². The van der Waals surface area contributed by atoms with E-state index < -0.39 is 0 Å². The molecular formula is C12H11ClN2OS. The first-order valence-electron chi connectivity index (χ1n) is 5.13. The zero-order valence-electron chi connectivity index (χ0n) is 9.18. The Bertz CT molecular complexity index is 512. The predicted octanol–water partition coefficient (Wildman–Crippen LogP) is 3.29. The van der Waals surface area contributed by atoms with Crippen molar-refractivity contribution < 1.29 is 4.79 Å². The van der Waals surface area contributed by atoms with Crippen molar-refractivity contribution in [3.8, 4) is 0 Å². The molecule has 88 valence electrons. The van der Waals surface area contributed by atoms with Crippen LogP contribution in [0.15, 0.2) is 35.8 Å². The fraction of sp³-hybridized carbons (Fsp3) is 0.167. The van der Waals surface area contributed by atoms with E-state index in [4.69, 9.17) is 11.6 Å². The number of hydrogen-bond donors (Lipinski definition) is 1. The number of aromatic nitrogens is 1. The zero-order valence-corrected chi connectivity index (χ0v) is 10.8. The summed E-state index contributed by atoms with van der Waals surface area (Å²) in [6.45, 7) is 1.93. The van der Waals surface area contributed by atoms with Crippen LogP contribution in [-0.2, 0) is 0 Å². The van der Waals surface area contributed by atoms with Gasteiger partial charge in [0.2, 0.25) is 0 Å². The summed E-state index contributed by atoms with van der Waals surface area (Å²) < 4.78 is 0. The van der Waals surface area contributed by atoms with Crippen LogP contribution in [0, 0.1) is 0 Å². The highest BCUT2D eigenvalue weighted by Gasteiger charge is 2.15. The molecule has 0 spiro atoms. The van der Waals surface area contributed by atoms with Crippen LogP contribution in [0.5, 0.6) is 0 Å². The molecule has 1 aromatic carbocycles. The van der Waals surface area contributed by atoms with Gasteiger partial charge in [-0.1, -0.05) is 41.9 Å². The van der Waals surface area contributed by atoms with E-state index in [9.17, 15) is 4.79 Å². The molecule has 0 aliphatic rings. The van der Waals surface area contributed by atoms with Crippen LogP contribution < -0.4 is 5.32 Å². The fourth-order valence-electron chi connectivity index (χ4n) is 1.47. The van der Waals surface area contributed by atoms with Crippen LogP contribution in [0.4, 0.5) is 0 Å². The van der Waals surface area contributed by atoms with Gasteiger partial charge in [0.25, 0.3) is 5.91 Å². The van der Waals surface area contributed by atoms with Gasteiger partial charge in [-0.05, 0) is 12.5 Å². The maximum Gasteiger partial charge on any atom is 0.265 e. The summed E-state index contributed by atoms with van der Waals surface area (Å²) in [6.07, 6.45) is 0. The quantitative estimate of drug-likeness (QED) is 0.926. The molecule has 1 N–H and O–H groups in total. The van der Waals surface area contributed by atoms with E-state index >= 15 is 0 Å². The molecule has 2 aromatic rings. The van der Waals surface area contributed by atoms with Crippen LogP contribution >= 0.6 is 22.9 Å². The van der Waals surface area contributed by atoms with E-state index in [-0.39, 0.29) is 17.1 Å². The molecule has 2 rings (SSSR count). The molecule has 17 heavy (non-hydrogen) atoms. The van der Waals surface area contributed by atoms with Gasteiger partial charge in [0.1, 0.15) is 4.88 Å². The topological polar surface area (TPSA) is 42.0 Å². The molecule has 3 nitrogen and oxygen atoms in total. The fourth-order valence-corrected chi connectivity index (χ4v) is 2.37. The van der Waals surface area contributed by atoms with E-state index in [1.807, 2.05) is 37.3 Å². The van der Waals surface area contributed by atoms with Crippen LogP contribution in [0.3, 0.4) is 0 Å². The monoisotopic (exact) mass is 266 g/mol. The lowest BCUT2D eigenvalue weighted by molar-refractivity contribution is 0.0944. The molecule has 1 amide bonds. The third-order valence-electron chi connectivity index (χ3n) is 2.38. The van der Waals surface area contributed by atoms with Crippen LogP contribution in [0.25, 0.3) is 0 Å². The summed E-state index contributed by atoms with van der Waals surface area (Å²) in [4.78, 5) is 16.2. The molecule has 1 heterocycles. The summed E-state index contributed by atoms with van der Waals surface area (Å²) >= 11 is 7.04. The van der Waals surface area contributed by atoms with Crippen LogP contribution in [-0.4, -0.2) is 10.9 Å². The van der Waals surface area contributed by atoms with Crippen molar-refractivity contribution >= 4 is 28.8 Å².